The number of ether oxygens (including phenoxy) is 1. The molecule has 1 heterocycles. The molecule has 0 bridgehead atoms. The normalized spacial score (nSPS) is 9.83. The van der Waals surface area contributed by atoms with Crippen LogP contribution in [0, 0.1) is 0 Å². The van der Waals surface area contributed by atoms with E-state index in [4.69, 9.17) is 9.15 Å². The van der Waals surface area contributed by atoms with Crippen molar-refractivity contribution in [2.45, 2.75) is 20.0 Å². The zero-order valence-electron chi connectivity index (χ0n) is 10.4. The van der Waals surface area contributed by atoms with Crippen LogP contribution in [-0.2, 0) is 13.1 Å². The van der Waals surface area contributed by atoms with Crippen molar-refractivity contribution in [2.24, 2.45) is 0 Å². The molecule has 1 aromatic heterocycles. The average molecular weight is 268 g/mol. The van der Waals surface area contributed by atoms with E-state index in [0.29, 0.717) is 6.61 Å². The molecule has 0 fully saturated rings. The van der Waals surface area contributed by atoms with Gasteiger partial charge in [-0.2, -0.15) is 0 Å². The van der Waals surface area contributed by atoms with E-state index in [0.717, 1.165) is 24.6 Å². The van der Waals surface area contributed by atoms with Gasteiger partial charge in [-0.05, 0) is 36.8 Å². The van der Waals surface area contributed by atoms with Gasteiger partial charge in [-0.3, -0.25) is 0 Å². The highest BCUT2D eigenvalue weighted by Gasteiger charge is 1.97. The Kier molecular flexibility index (Phi) is 6.33. The minimum atomic E-state index is 0. The minimum Gasteiger partial charge on any atom is -0.494 e. The summed E-state index contributed by atoms with van der Waals surface area (Å²) >= 11 is 0. The van der Waals surface area contributed by atoms with Crippen molar-refractivity contribution in [3.63, 3.8) is 0 Å². The van der Waals surface area contributed by atoms with Crippen molar-refractivity contribution < 1.29 is 9.15 Å². The highest BCUT2D eigenvalue weighted by molar-refractivity contribution is 5.85. The van der Waals surface area contributed by atoms with E-state index in [1.165, 1.54) is 5.56 Å². The molecular weight excluding hydrogens is 250 g/mol. The molecule has 2 aromatic rings. The van der Waals surface area contributed by atoms with Crippen LogP contribution in [0.2, 0.25) is 0 Å². The zero-order chi connectivity index (χ0) is 11.9. The van der Waals surface area contributed by atoms with Gasteiger partial charge in [-0.15, -0.1) is 12.4 Å². The number of rotatable bonds is 6. The van der Waals surface area contributed by atoms with Crippen LogP contribution < -0.4 is 10.1 Å². The SMILES string of the molecule is CCOc1ccc(CNCc2ccco2)cc1.Cl. The first-order chi connectivity index (χ1) is 8.38. The Balaban J connectivity index is 0.00000162. The van der Waals surface area contributed by atoms with Crippen LogP contribution in [0.25, 0.3) is 0 Å². The standard InChI is InChI=1S/C14H17NO2.ClH/c1-2-16-13-7-5-12(6-8-13)10-15-11-14-4-3-9-17-14;/h3-9,15H,2,10-11H2,1H3;1H. The molecule has 0 aliphatic heterocycles. The Morgan fingerprint density at radius 3 is 2.50 bits per heavy atom. The maximum absolute atomic E-state index is 5.39. The fourth-order valence-corrected chi connectivity index (χ4v) is 1.61. The van der Waals surface area contributed by atoms with Crippen LogP contribution in [0.4, 0.5) is 0 Å². The smallest absolute Gasteiger partial charge is 0.119 e. The third-order valence-corrected chi connectivity index (χ3v) is 2.44. The Hall–Kier alpha value is -1.45. The number of hydrogen-bond donors (Lipinski definition) is 1. The molecule has 1 aromatic carbocycles. The maximum atomic E-state index is 5.39. The highest BCUT2D eigenvalue weighted by Crippen LogP contribution is 2.12. The molecule has 0 saturated heterocycles. The topological polar surface area (TPSA) is 34.4 Å². The number of furan rings is 1. The van der Waals surface area contributed by atoms with Crippen molar-refractivity contribution in [1.82, 2.24) is 5.32 Å². The van der Waals surface area contributed by atoms with Crippen LogP contribution in [0.3, 0.4) is 0 Å². The van der Waals surface area contributed by atoms with Crippen molar-refractivity contribution in [3.8, 4) is 5.75 Å². The summed E-state index contributed by atoms with van der Waals surface area (Å²) < 4.78 is 10.6. The fraction of sp³-hybridized carbons (Fsp3) is 0.286. The van der Waals surface area contributed by atoms with E-state index in [2.05, 4.69) is 17.4 Å². The van der Waals surface area contributed by atoms with Crippen LogP contribution in [0.1, 0.15) is 18.2 Å². The van der Waals surface area contributed by atoms with Crippen molar-refractivity contribution in [3.05, 3.63) is 54.0 Å². The summed E-state index contributed by atoms with van der Waals surface area (Å²) in [6.07, 6.45) is 1.69. The average Bonchev–Trinajstić information content (AvgIpc) is 2.85. The first kappa shape index (κ1) is 14.6. The molecule has 0 spiro atoms. The van der Waals surface area contributed by atoms with Gasteiger partial charge in [0.2, 0.25) is 0 Å². The minimum absolute atomic E-state index is 0. The van der Waals surface area contributed by atoms with Gasteiger partial charge in [0.15, 0.2) is 0 Å². The molecule has 0 radical (unpaired) electrons. The summed E-state index contributed by atoms with van der Waals surface area (Å²) in [4.78, 5) is 0. The molecule has 4 heteroatoms. The van der Waals surface area contributed by atoms with Crippen LogP contribution in [0.5, 0.6) is 5.75 Å². The molecule has 98 valence electrons. The van der Waals surface area contributed by atoms with Gasteiger partial charge >= 0.3 is 0 Å². The monoisotopic (exact) mass is 267 g/mol. The Morgan fingerprint density at radius 1 is 1.11 bits per heavy atom. The third-order valence-electron chi connectivity index (χ3n) is 2.44. The second-order valence-electron chi connectivity index (χ2n) is 3.76. The first-order valence-corrected chi connectivity index (χ1v) is 5.83. The summed E-state index contributed by atoms with van der Waals surface area (Å²) in [5.74, 6) is 1.87. The first-order valence-electron chi connectivity index (χ1n) is 5.83. The second-order valence-corrected chi connectivity index (χ2v) is 3.76. The number of halogens is 1. The van der Waals surface area contributed by atoms with Crippen molar-refractivity contribution in [2.75, 3.05) is 6.61 Å². The van der Waals surface area contributed by atoms with Gasteiger partial charge in [-0.1, -0.05) is 12.1 Å². The molecule has 0 saturated carbocycles. The molecule has 0 amide bonds. The second kappa shape index (κ2) is 7.80. The summed E-state index contributed by atoms with van der Waals surface area (Å²) in [6, 6.07) is 12.0. The molecule has 2 rings (SSSR count). The Morgan fingerprint density at radius 2 is 1.89 bits per heavy atom. The lowest BCUT2D eigenvalue weighted by Crippen LogP contribution is -2.11. The van der Waals surface area contributed by atoms with E-state index in [9.17, 15) is 0 Å². The molecule has 18 heavy (non-hydrogen) atoms. The Bertz CT molecular complexity index is 426. The van der Waals surface area contributed by atoms with Crippen molar-refractivity contribution in [1.29, 1.82) is 0 Å². The zero-order valence-corrected chi connectivity index (χ0v) is 11.2. The van der Waals surface area contributed by atoms with Crippen LogP contribution in [0.15, 0.2) is 47.1 Å². The van der Waals surface area contributed by atoms with E-state index >= 15 is 0 Å². The molecule has 3 nitrogen and oxygen atoms in total. The summed E-state index contributed by atoms with van der Waals surface area (Å²) in [5.41, 5.74) is 1.24. The summed E-state index contributed by atoms with van der Waals surface area (Å²) in [7, 11) is 0. The van der Waals surface area contributed by atoms with Gasteiger partial charge in [0.1, 0.15) is 11.5 Å². The van der Waals surface area contributed by atoms with E-state index in [1.54, 1.807) is 6.26 Å². The van der Waals surface area contributed by atoms with E-state index in [-0.39, 0.29) is 12.4 Å². The quantitative estimate of drug-likeness (QED) is 0.871. The number of nitrogens with one attached hydrogen (secondary N) is 1. The largest absolute Gasteiger partial charge is 0.494 e. The number of hydrogen-bond acceptors (Lipinski definition) is 3. The molecule has 1 N–H and O–H groups in total. The molecule has 0 aliphatic carbocycles. The van der Waals surface area contributed by atoms with Gasteiger partial charge < -0.3 is 14.5 Å². The van der Waals surface area contributed by atoms with Crippen molar-refractivity contribution >= 4 is 12.4 Å². The summed E-state index contributed by atoms with van der Waals surface area (Å²) in [5, 5.41) is 3.32. The fourth-order valence-electron chi connectivity index (χ4n) is 1.61. The van der Waals surface area contributed by atoms with Gasteiger partial charge in [-0.25, -0.2) is 0 Å². The third kappa shape index (κ3) is 4.43. The number of benzene rings is 1. The lowest BCUT2D eigenvalue weighted by Gasteiger charge is -2.05. The lowest BCUT2D eigenvalue weighted by atomic mass is 10.2. The predicted molar refractivity (Wildman–Crippen MR) is 74.1 cm³/mol. The van der Waals surface area contributed by atoms with Gasteiger partial charge in [0, 0.05) is 6.54 Å². The summed E-state index contributed by atoms with van der Waals surface area (Å²) in [6.45, 7) is 4.27. The molecule has 0 unspecified atom stereocenters. The van der Waals surface area contributed by atoms with E-state index in [1.807, 2.05) is 31.2 Å². The molecular formula is C14H18ClNO2. The van der Waals surface area contributed by atoms with Crippen LogP contribution >= 0.6 is 12.4 Å². The molecule has 0 atom stereocenters. The predicted octanol–water partition coefficient (Wildman–Crippen LogP) is 3.39. The van der Waals surface area contributed by atoms with E-state index < -0.39 is 0 Å². The highest BCUT2D eigenvalue weighted by atomic mass is 35.5. The molecule has 0 aliphatic rings. The Labute approximate surface area is 114 Å². The van der Waals surface area contributed by atoms with Gasteiger partial charge in [0.25, 0.3) is 0 Å². The lowest BCUT2D eigenvalue weighted by molar-refractivity contribution is 0.340. The van der Waals surface area contributed by atoms with Gasteiger partial charge in [0.05, 0.1) is 19.4 Å². The van der Waals surface area contributed by atoms with Crippen LogP contribution in [-0.4, -0.2) is 6.61 Å². The maximum Gasteiger partial charge on any atom is 0.119 e.